The van der Waals surface area contributed by atoms with E-state index in [1.807, 2.05) is 13.2 Å². The van der Waals surface area contributed by atoms with Gasteiger partial charge in [0.1, 0.15) is 5.82 Å². The van der Waals surface area contributed by atoms with Crippen LogP contribution in [0.5, 0.6) is 0 Å². The maximum absolute atomic E-state index is 4.65. The summed E-state index contributed by atoms with van der Waals surface area (Å²) in [5.74, 6) is 1.14. The quantitative estimate of drug-likeness (QED) is 0.812. The monoisotopic (exact) mass is 289 g/mol. The Hall–Kier alpha value is -1.62. The zero-order valence-electron chi connectivity index (χ0n) is 13.6. The lowest BCUT2D eigenvalue weighted by molar-refractivity contribution is 0.491. The van der Waals surface area contributed by atoms with Crippen LogP contribution in [0.25, 0.3) is 0 Å². The maximum Gasteiger partial charge on any atom is 0.110 e. The Kier molecular flexibility index (Phi) is 5.56. The fraction of sp³-hybridized carbons (Fsp3) is 0.625. The van der Waals surface area contributed by atoms with Crippen molar-refractivity contribution >= 4 is 0 Å². The van der Waals surface area contributed by atoms with Crippen LogP contribution in [0.1, 0.15) is 50.4 Å². The Morgan fingerprint density at radius 3 is 2.71 bits per heavy atom. The highest BCUT2D eigenvalue weighted by Gasteiger charge is 2.18. The molecule has 0 bridgehead atoms. The van der Waals surface area contributed by atoms with Gasteiger partial charge in [-0.3, -0.25) is 4.68 Å². The minimum Gasteiger partial charge on any atom is -0.335 e. The van der Waals surface area contributed by atoms with Crippen LogP contribution in [0.15, 0.2) is 18.5 Å². The number of likely N-dealkylation sites (N-methyl/N-ethyl adjacent to an activating group) is 1. The van der Waals surface area contributed by atoms with E-state index in [0.29, 0.717) is 0 Å². The van der Waals surface area contributed by atoms with Gasteiger partial charge < -0.3 is 9.88 Å². The molecule has 2 aromatic rings. The summed E-state index contributed by atoms with van der Waals surface area (Å²) in [4.78, 5) is 4.52. The van der Waals surface area contributed by atoms with Crippen LogP contribution in [0, 0.1) is 0 Å². The number of nitrogens with zero attached hydrogens (tertiary/aromatic N) is 4. The van der Waals surface area contributed by atoms with Crippen LogP contribution >= 0.6 is 0 Å². The lowest BCUT2D eigenvalue weighted by Crippen LogP contribution is -2.24. The van der Waals surface area contributed by atoms with Gasteiger partial charge >= 0.3 is 0 Å². The molecular weight excluding hydrogens is 262 g/mol. The minimum absolute atomic E-state index is 0.246. The average molecular weight is 289 g/mol. The predicted molar refractivity (Wildman–Crippen MR) is 85.3 cm³/mol. The average Bonchev–Trinajstić information content (AvgIpc) is 3.11. The second-order valence-corrected chi connectivity index (χ2v) is 5.31. The summed E-state index contributed by atoms with van der Waals surface area (Å²) in [6.07, 6.45) is 6.95. The normalized spacial score (nSPS) is 12.8. The first-order chi connectivity index (χ1) is 10.2. The van der Waals surface area contributed by atoms with Crippen molar-refractivity contribution in [2.75, 3.05) is 7.05 Å². The molecule has 116 valence electrons. The van der Waals surface area contributed by atoms with Crippen LogP contribution in [0.4, 0.5) is 0 Å². The van der Waals surface area contributed by atoms with E-state index in [9.17, 15) is 0 Å². The van der Waals surface area contributed by atoms with Crippen LogP contribution in [-0.4, -0.2) is 26.4 Å². The molecule has 0 aliphatic carbocycles. The van der Waals surface area contributed by atoms with Crippen molar-refractivity contribution in [3.05, 3.63) is 35.7 Å². The van der Waals surface area contributed by atoms with Crippen LogP contribution in [0.2, 0.25) is 0 Å². The summed E-state index contributed by atoms with van der Waals surface area (Å²) in [7, 11) is 2.01. The molecule has 21 heavy (non-hydrogen) atoms. The second-order valence-electron chi connectivity index (χ2n) is 5.31. The van der Waals surface area contributed by atoms with Crippen molar-refractivity contribution in [2.45, 2.75) is 59.2 Å². The first kappa shape index (κ1) is 15.8. The zero-order chi connectivity index (χ0) is 15.2. The first-order valence-corrected chi connectivity index (χ1v) is 7.97. The summed E-state index contributed by atoms with van der Waals surface area (Å²) in [6.45, 7) is 8.41. The second kappa shape index (κ2) is 7.41. The van der Waals surface area contributed by atoms with Gasteiger partial charge in [-0.25, -0.2) is 4.98 Å². The van der Waals surface area contributed by atoms with Crippen molar-refractivity contribution in [3.8, 4) is 0 Å². The molecule has 0 fully saturated rings. The van der Waals surface area contributed by atoms with E-state index >= 15 is 0 Å². The molecule has 2 heterocycles. The van der Waals surface area contributed by atoms with Crippen molar-refractivity contribution in [3.63, 3.8) is 0 Å². The molecule has 2 aromatic heterocycles. The molecule has 0 spiro atoms. The minimum atomic E-state index is 0.246. The molecule has 0 saturated heterocycles. The third-order valence-electron chi connectivity index (χ3n) is 3.88. The third-order valence-corrected chi connectivity index (χ3v) is 3.88. The number of hydrogen-bond acceptors (Lipinski definition) is 3. The number of aryl methyl sites for hydroxylation is 3. The Morgan fingerprint density at radius 1 is 1.29 bits per heavy atom. The van der Waals surface area contributed by atoms with Gasteiger partial charge in [-0.05, 0) is 32.9 Å². The summed E-state index contributed by atoms with van der Waals surface area (Å²) in [5.41, 5.74) is 2.41. The van der Waals surface area contributed by atoms with Crippen molar-refractivity contribution < 1.29 is 0 Å². The molecule has 5 nitrogen and oxygen atoms in total. The predicted octanol–water partition coefficient (Wildman–Crippen LogP) is 2.58. The lowest BCUT2D eigenvalue weighted by Gasteiger charge is -2.18. The number of imidazole rings is 1. The van der Waals surface area contributed by atoms with Gasteiger partial charge in [0.15, 0.2) is 0 Å². The van der Waals surface area contributed by atoms with Gasteiger partial charge in [0, 0.05) is 31.9 Å². The van der Waals surface area contributed by atoms with E-state index in [2.05, 4.69) is 57.7 Å². The van der Waals surface area contributed by atoms with Crippen LogP contribution in [0.3, 0.4) is 0 Å². The molecule has 0 aliphatic heterocycles. The third kappa shape index (κ3) is 3.53. The number of hydrogen-bond donors (Lipinski definition) is 1. The number of nitrogens with one attached hydrogen (secondary N) is 1. The molecule has 2 rings (SSSR count). The van der Waals surface area contributed by atoms with Gasteiger partial charge in [-0.1, -0.05) is 13.8 Å². The number of rotatable bonds is 8. The Morgan fingerprint density at radius 2 is 2.10 bits per heavy atom. The largest absolute Gasteiger partial charge is 0.335 e. The van der Waals surface area contributed by atoms with E-state index in [4.69, 9.17) is 0 Å². The number of aromatic nitrogens is 4. The summed E-state index contributed by atoms with van der Waals surface area (Å²) in [5, 5.41) is 8.08. The molecule has 1 N–H and O–H groups in total. The Bertz CT molecular complexity index is 555. The fourth-order valence-corrected chi connectivity index (χ4v) is 2.70. The SMILES string of the molecule is CCCn1ccnc1CC(NC)c1cc(CC)nn1CC. The Balaban J connectivity index is 2.23. The lowest BCUT2D eigenvalue weighted by atomic mass is 10.1. The molecular formula is C16H27N5. The summed E-state index contributed by atoms with van der Waals surface area (Å²) < 4.78 is 4.35. The van der Waals surface area contributed by atoms with E-state index in [0.717, 1.165) is 43.9 Å². The zero-order valence-corrected chi connectivity index (χ0v) is 13.6. The molecule has 1 unspecified atom stereocenters. The summed E-state index contributed by atoms with van der Waals surface area (Å²) >= 11 is 0. The highest BCUT2D eigenvalue weighted by atomic mass is 15.3. The van der Waals surface area contributed by atoms with Crippen molar-refractivity contribution in [1.82, 2.24) is 24.6 Å². The molecule has 0 saturated carbocycles. The van der Waals surface area contributed by atoms with Gasteiger partial charge in [0.25, 0.3) is 0 Å². The van der Waals surface area contributed by atoms with Gasteiger partial charge in [0.05, 0.1) is 17.4 Å². The van der Waals surface area contributed by atoms with Crippen LogP contribution < -0.4 is 5.32 Å². The van der Waals surface area contributed by atoms with Crippen LogP contribution in [-0.2, 0) is 25.9 Å². The first-order valence-electron chi connectivity index (χ1n) is 7.97. The highest BCUT2D eigenvalue weighted by molar-refractivity contribution is 5.16. The molecule has 0 aromatic carbocycles. The highest BCUT2D eigenvalue weighted by Crippen LogP contribution is 2.19. The maximum atomic E-state index is 4.65. The molecule has 1 atom stereocenters. The van der Waals surface area contributed by atoms with E-state index in [-0.39, 0.29) is 6.04 Å². The van der Waals surface area contributed by atoms with E-state index in [1.165, 1.54) is 5.69 Å². The smallest absolute Gasteiger partial charge is 0.110 e. The fourth-order valence-electron chi connectivity index (χ4n) is 2.70. The van der Waals surface area contributed by atoms with E-state index < -0.39 is 0 Å². The standard InChI is InChI=1S/C16H27N5/c1-5-9-20-10-8-18-16(20)12-14(17-4)15-11-13(6-2)19-21(15)7-3/h8,10-11,14,17H,5-7,9,12H2,1-4H3. The molecule has 0 amide bonds. The van der Waals surface area contributed by atoms with E-state index in [1.54, 1.807) is 0 Å². The molecule has 5 heteroatoms. The molecule has 0 radical (unpaired) electrons. The van der Waals surface area contributed by atoms with Crippen molar-refractivity contribution in [2.24, 2.45) is 0 Å². The van der Waals surface area contributed by atoms with Gasteiger partial charge in [0.2, 0.25) is 0 Å². The van der Waals surface area contributed by atoms with Gasteiger partial charge in [-0.2, -0.15) is 5.10 Å². The molecule has 0 aliphatic rings. The summed E-state index contributed by atoms with van der Waals surface area (Å²) in [6, 6.07) is 2.47. The van der Waals surface area contributed by atoms with Crippen molar-refractivity contribution in [1.29, 1.82) is 0 Å². The Labute approximate surface area is 127 Å². The van der Waals surface area contributed by atoms with Gasteiger partial charge in [-0.15, -0.1) is 0 Å². The topological polar surface area (TPSA) is 47.7 Å².